The first-order valence-corrected chi connectivity index (χ1v) is 14.3. The predicted molar refractivity (Wildman–Crippen MR) is 149 cm³/mol. The maximum Gasteiger partial charge on any atom is 0.337 e. The topological polar surface area (TPSA) is 112 Å². The first-order chi connectivity index (χ1) is 19.0. The average molecular weight is 536 g/mol. The molecule has 0 saturated heterocycles. The molecule has 0 aromatic carbocycles. The maximum atomic E-state index is 13.1. The van der Waals surface area contributed by atoms with Gasteiger partial charge in [-0.25, -0.2) is 14.3 Å². The number of aryl methyl sites for hydroxylation is 3. The Morgan fingerprint density at radius 3 is 2.74 bits per heavy atom. The highest BCUT2D eigenvalue weighted by atomic mass is 16.5. The molecule has 1 aliphatic carbocycles. The zero-order chi connectivity index (χ0) is 27.6. The molecule has 3 heterocycles. The van der Waals surface area contributed by atoms with Gasteiger partial charge in [0.15, 0.2) is 5.82 Å². The van der Waals surface area contributed by atoms with Crippen LogP contribution in [-0.4, -0.2) is 48.9 Å². The monoisotopic (exact) mass is 535 g/mol. The van der Waals surface area contributed by atoms with Crippen LogP contribution in [-0.2, 0) is 28.8 Å². The summed E-state index contributed by atoms with van der Waals surface area (Å²) >= 11 is 0. The molecule has 39 heavy (non-hydrogen) atoms. The summed E-state index contributed by atoms with van der Waals surface area (Å²) in [5.41, 5.74) is 3.35. The van der Waals surface area contributed by atoms with Crippen molar-refractivity contribution in [1.29, 1.82) is 0 Å². The van der Waals surface area contributed by atoms with E-state index in [1.807, 2.05) is 19.3 Å². The Bertz CT molecular complexity index is 1280. The summed E-state index contributed by atoms with van der Waals surface area (Å²) < 4.78 is 13.2. The van der Waals surface area contributed by atoms with Crippen molar-refractivity contribution < 1.29 is 19.4 Å². The number of ether oxygens (including phenoxy) is 2. The SMILES string of the molecule is CCCOc1cnc(CC)cc1CCCC/C(O)=C(/Cc1nc2ncc(C)cn2n1)C(=O)OCC1CCCC1. The fourth-order valence-corrected chi connectivity index (χ4v) is 4.92. The van der Waals surface area contributed by atoms with Gasteiger partial charge >= 0.3 is 5.97 Å². The first-order valence-electron chi connectivity index (χ1n) is 14.3. The second-order valence-electron chi connectivity index (χ2n) is 10.4. The van der Waals surface area contributed by atoms with Crippen molar-refractivity contribution in [3.8, 4) is 5.75 Å². The standard InChI is InChI=1S/C30H41N5O4/c1-4-14-38-27-18-31-24(5-2)15-23(27)12-8-9-13-26(36)25(29(37)39-20-22-10-6-7-11-22)16-28-33-30-32-17-21(3)19-35(30)34-28/h15,17-19,22,36H,4-14,16,20H2,1-3H3/b26-25+. The number of fused-ring (bicyclic) bond motifs is 1. The lowest BCUT2D eigenvalue weighted by Crippen LogP contribution is -2.17. The molecule has 9 heteroatoms. The molecule has 3 aromatic heterocycles. The molecule has 1 aliphatic rings. The average Bonchev–Trinajstić information content (AvgIpc) is 3.61. The zero-order valence-electron chi connectivity index (χ0n) is 23.5. The van der Waals surface area contributed by atoms with Crippen molar-refractivity contribution in [2.75, 3.05) is 13.2 Å². The normalized spacial score (nSPS) is 14.5. The van der Waals surface area contributed by atoms with Gasteiger partial charge in [-0.05, 0) is 75.0 Å². The molecule has 0 bridgehead atoms. The number of nitrogens with zero attached hydrogens (tertiary/aromatic N) is 5. The predicted octanol–water partition coefficient (Wildman–Crippen LogP) is 5.68. The second kappa shape index (κ2) is 14.1. The quantitative estimate of drug-likeness (QED) is 0.121. The fraction of sp³-hybridized carbons (Fsp3) is 0.567. The van der Waals surface area contributed by atoms with Crippen LogP contribution in [0.25, 0.3) is 5.78 Å². The summed E-state index contributed by atoms with van der Waals surface area (Å²) in [5.74, 6) is 1.66. The Balaban J connectivity index is 1.44. The summed E-state index contributed by atoms with van der Waals surface area (Å²) in [6.45, 7) is 7.14. The number of aromatic nitrogens is 5. The van der Waals surface area contributed by atoms with Gasteiger partial charge in [-0.1, -0.05) is 26.7 Å². The van der Waals surface area contributed by atoms with Crippen LogP contribution in [0.3, 0.4) is 0 Å². The molecular weight excluding hydrogens is 494 g/mol. The van der Waals surface area contributed by atoms with E-state index in [1.54, 1.807) is 10.7 Å². The van der Waals surface area contributed by atoms with Crippen LogP contribution >= 0.6 is 0 Å². The van der Waals surface area contributed by atoms with Crippen LogP contribution in [0.4, 0.5) is 0 Å². The highest BCUT2D eigenvalue weighted by Crippen LogP contribution is 2.26. The number of esters is 1. The van der Waals surface area contributed by atoms with Crippen molar-refractivity contribution in [3.05, 3.63) is 58.6 Å². The van der Waals surface area contributed by atoms with Crippen LogP contribution in [0.2, 0.25) is 0 Å². The van der Waals surface area contributed by atoms with Gasteiger partial charge in [0.1, 0.15) is 11.5 Å². The maximum absolute atomic E-state index is 13.1. The molecule has 1 fully saturated rings. The third-order valence-electron chi connectivity index (χ3n) is 7.16. The molecule has 0 atom stereocenters. The summed E-state index contributed by atoms with van der Waals surface area (Å²) in [4.78, 5) is 26.4. The largest absolute Gasteiger partial charge is 0.512 e. The van der Waals surface area contributed by atoms with Crippen molar-refractivity contribution in [2.45, 2.75) is 91.4 Å². The number of aliphatic hydroxyl groups is 1. The first kappa shape index (κ1) is 28.5. The number of carbonyl (C=O) groups excluding carboxylic acids is 1. The van der Waals surface area contributed by atoms with Crippen LogP contribution < -0.4 is 4.74 Å². The number of aliphatic hydroxyl groups excluding tert-OH is 1. The highest BCUT2D eigenvalue weighted by molar-refractivity contribution is 5.89. The number of unbranched alkanes of at least 4 members (excludes halogenated alkanes) is 1. The Kier molecular flexibility index (Phi) is 10.3. The summed E-state index contributed by atoms with van der Waals surface area (Å²) in [6, 6.07) is 2.11. The number of pyridine rings is 1. The lowest BCUT2D eigenvalue weighted by atomic mass is 10.0. The molecule has 9 nitrogen and oxygen atoms in total. The molecule has 0 radical (unpaired) electrons. The van der Waals surface area contributed by atoms with Gasteiger partial charge < -0.3 is 14.6 Å². The van der Waals surface area contributed by atoms with Gasteiger partial charge in [0.2, 0.25) is 0 Å². The van der Waals surface area contributed by atoms with E-state index < -0.39 is 5.97 Å². The number of rotatable bonds is 14. The highest BCUT2D eigenvalue weighted by Gasteiger charge is 2.23. The molecule has 0 unspecified atom stereocenters. The van der Waals surface area contributed by atoms with E-state index >= 15 is 0 Å². The Hall–Kier alpha value is -3.49. The fourth-order valence-electron chi connectivity index (χ4n) is 4.92. The van der Waals surface area contributed by atoms with E-state index in [-0.39, 0.29) is 17.8 Å². The van der Waals surface area contributed by atoms with Crippen molar-refractivity contribution in [2.24, 2.45) is 5.92 Å². The van der Waals surface area contributed by atoms with Crippen LogP contribution in [0.1, 0.15) is 87.9 Å². The van der Waals surface area contributed by atoms with Crippen molar-refractivity contribution >= 4 is 11.7 Å². The van der Waals surface area contributed by atoms with Crippen molar-refractivity contribution in [3.63, 3.8) is 0 Å². The van der Waals surface area contributed by atoms with Gasteiger partial charge in [-0.2, -0.15) is 4.98 Å². The minimum absolute atomic E-state index is 0.0425. The third-order valence-corrected chi connectivity index (χ3v) is 7.16. The molecule has 0 amide bonds. The van der Waals surface area contributed by atoms with Gasteiger partial charge in [0, 0.05) is 30.9 Å². The molecule has 4 rings (SSSR count). The third kappa shape index (κ3) is 8.00. The van der Waals surface area contributed by atoms with Crippen LogP contribution in [0, 0.1) is 12.8 Å². The minimum atomic E-state index is -0.487. The second-order valence-corrected chi connectivity index (χ2v) is 10.4. The minimum Gasteiger partial charge on any atom is -0.512 e. The molecule has 3 aromatic rings. The van der Waals surface area contributed by atoms with E-state index in [0.717, 1.165) is 61.1 Å². The molecular formula is C30H41N5O4. The van der Waals surface area contributed by atoms with E-state index in [2.05, 4.69) is 40.0 Å². The number of hydrogen-bond acceptors (Lipinski definition) is 8. The number of allylic oxidation sites excluding steroid dienone is 1. The van der Waals surface area contributed by atoms with E-state index in [4.69, 9.17) is 9.47 Å². The summed E-state index contributed by atoms with van der Waals surface area (Å²) in [5, 5.41) is 15.5. The van der Waals surface area contributed by atoms with Gasteiger partial charge in [0.05, 0.1) is 25.0 Å². The summed E-state index contributed by atoms with van der Waals surface area (Å²) in [7, 11) is 0. The zero-order valence-corrected chi connectivity index (χ0v) is 23.5. The number of hydrogen-bond donors (Lipinski definition) is 1. The van der Waals surface area contributed by atoms with Gasteiger partial charge in [0.25, 0.3) is 5.78 Å². The van der Waals surface area contributed by atoms with E-state index in [1.165, 1.54) is 12.8 Å². The Morgan fingerprint density at radius 2 is 1.97 bits per heavy atom. The molecule has 0 aliphatic heterocycles. The summed E-state index contributed by atoms with van der Waals surface area (Å²) in [6.07, 6.45) is 14.5. The van der Waals surface area contributed by atoms with Crippen LogP contribution in [0.5, 0.6) is 5.75 Å². The lowest BCUT2D eigenvalue weighted by Gasteiger charge is -2.14. The van der Waals surface area contributed by atoms with Crippen LogP contribution in [0.15, 0.2) is 36.0 Å². The Morgan fingerprint density at radius 1 is 1.15 bits per heavy atom. The molecule has 1 N–H and O–H groups in total. The van der Waals surface area contributed by atoms with Gasteiger partial charge in [-0.3, -0.25) is 4.98 Å². The lowest BCUT2D eigenvalue weighted by molar-refractivity contribution is -0.140. The molecule has 210 valence electrons. The smallest absolute Gasteiger partial charge is 0.337 e. The molecule has 0 spiro atoms. The van der Waals surface area contributed by atoms with Crippen molar-refractivity contribution in [1.82, 2.24) is 24.6 Å². The van der Waals surface area contributed by atoms with E-state index in [0.29, 0.717) is 43.6 Å². The number of carbonyl (C=O) groups is 1. The Labute approximate surface area is 230 Å². The van der Waals surface area contributed by atoms with Gasteiger partial charge in [-0.15, -0.1) is 5.10 Å². The molecule has 1 saturated carbocycles. The van der Waals surface area contributed by atoms with E-state index in [9.17, 15) is 9.90 Å².